The van der Waals surface area contributed by atoms with Gasteiger partial charge in [-0.15, -0.1) is 0 Å². The van der Waals surface area contributed by atoms with Gasteiger partial charge in [-0.1, -0.05) is 165 Å². The lowest BCUT2D eigenvalue weighted by Crippen LogP contribution is -2.26. The molecule has 0 aliphatic rings. The van der Waals surface area contributed by atoms with E-state index in [1.54, 1.807) is 0 Å². The summed E-state index contributed by atoms with van der Waals surface area (Å²) in [7, 11) is 0. The maximum absolute atomic E-state index is 12.1. The van der Waals surface area contributed by atoms with Gasteiger partial charge in [0.2, 0.25) is 0 Å². The molecule has 4 nitrogen and oxygen atoms in total. The minimum atomic E-state index is -0.424. The summed E-state index contributed by atoms with van der Waals surface area (Å²) in [5.74, 6) is -0.174. The lowest BCUT2D eigenvalue weighted by molar-refractivity contribution is -0.149. The molecule has 1 atom stereocenters. The monoisotopic (exact) mass is 633 g/mol. The molecule has 0 amide bonds. The molecule has 262 valence electrons. The fourth-order valence-electron chi connectivity index (χ4n) is 5.23. The first-order valence-corrected chi connectivity index (χ1v) is 19.2. The molecule has 0 radical (unpaired) electrons. The summed E-state index contributed by atoms with van der Waals surface area (Å²) in [6.45, 7) is 5.12. The molecule has 0 aromatic carbocycles. The number of unbranched alkanes of at least 4 members (excludes halogenated alkanes) is 19. The number of allylic oxidation sites excluding steroid dienone is 8. The van der Waals surface area contributed by atoms with E-state index in [-0.39, 0.29) is 19.2 Å². The van der Waals surface area contributed by atoms with E-state index in [0.717, 1.165) is 51.4 Å². The number of hydrogen-bond donors (Lipinski definition) is 1. The average Bonchev–Trinajstić information content (AvgIpc) is 3.05. The minimum Gasteiger partial charge on any atom is -0.463 e. The lowest BCUT2D eigenvalue weighted by atomic mass is 10.0. The van der Waals surface area contributed by atoms with Crippen molar-refractivity contribution in [3.8, 4) is 0 Å². The third-order valence-corrected chi connectivity index (χ3v) is 8.19. The highest BCUT2D eigenvalue weighted by Gasteiger charge is 2.11. The number of aliphatic hydroxyl groups is 1. The van der Waals surface area contributed by atoms with Gasteiger partial charge < -0.3 is 14.6 Å². The highest BCUT2D eigenvalue weighted by atomic mass is 16.8. The van der Waals surface area contributed by atoms with Crippen LogP contribution >= 0.6 is 0 Å². The van der Waals surface area contributed by atoms with Crippen molar-refractivity contribution in [3.63, 3.8) is 0 Å². The van der Waals surface area contributed by atoms with Gasteiger partial charge in [0.1, 0.15) is 12.7 Å². The Morgan fingerprint density at radius 2 is 0.933 bits per heavy atom. The van der Waals surface area contributed by atoms with Crippen LogP contribution in [0, 0.1) is 0 Å². The molecule has 0 saturated heterocycles. The normalized spacial score (nSPS) is 12.9. The Morgan fingerprint density at radius 3 is 1.40 bits per heavy atom. The third kappa shape index (κ3) is 36.7. The van der Waals surface area contributed by atoms with Gasteiger partial charge in [0.15, 0.2) is 0 Å². The average molecular weight is 633 g/mol. The van der Waals surface area contributed by atoms with Crippen molar-refractivity contribution in [1.29, 1.82) is 0 Å². The summed E-state index contributed by atoms with van der Waals surface area (Å²) < 4.78 is 11.1. The molecule has 0 rings (SSSR count). The van der Waals surface area contributed by atoms with Crippen molar-refractivity contribution in [3.05, 3.63) is 48.6 Å². The molecule has 0 aromatic heterocycles. The molecular formula is C41H74O4. The van der Waals surface area contributed by atoms with Crippen LogP contribution in [0.25, 0.3) is 0 Å². The molecule has 45 heavy (non-hydrogen) atoms. The summed E-state index contributed by atoms with van der Waals surface area (Å²) >= 11 is 0. The van der Waals surface area contributed by atoms with E-state index in [9.17, 15) is 9.90 Å². The van der Waals surface area contributed by atoms with E-state index in [2.05, 4.69) is 62.5 Å². The van der Waals surface area contributed by atoms with Crippen LogP contribution in [-0.4, -0.2) is 37.0 Å². The molecule has 0 bridgehead atoms. The van der Waals surface area contributed by atoms with Crippen LogP contribution in [0.2, 0.25) is 0 Å². The standard InChI is InChI=1S/C41H74O4/c1-3-5-7-9-11-13-15-17-19-20-21-23-25-27-29-31-33-35-37-44-40(38-42)39-45-41(43)36-34-32-30-28-26-24-22-18-16-14-12-10-8-6-4-2/h11,13,17,19,21,23,27,29,40,42H,3-10,12,14-16,18,20,22,24-26,28,30-39H2,1-2H3/t40-/m0/s1/i41+2. The summed E-state index contributed by atoms with van der Waals surface area (Å²) in [6.07, 6.45) is 48.8. The molecule has 0 heterocycles. The maximum atomic E-state index is 12.1. The number of carbonyl (C=O) groups excluding carboxylic acids is 1. The SMILES string of the molecule is CCCCCC=CCC=CCC=CCC=CCCCCO[C@@H](CO)CO[14C](=O)CCCCCCCCCCCCCCCCC. The van der Waals surface area contributed by atoms with Crippen LogP contribution in [0.5, 0.6) is 0 Å². The molecule has 1 N–H and O–H groups in total. The molecule has 0 saturated carbocycles. The third-order valence-electron chi connectivity index (χ3n) is 8.19. The second-order valence-corrected chi connectivity index (χ2v) is 12.6. The molecule has 0 unspecified atom stereocenters. The Morgan fingerprint density at radius 1 is 0.533 bits per heavy atom. The fraction of sp³-hybridized carbons (Fsp3) is 0.780. The van der Waals surface area contributed by atoms with Crippen LogP contribution in [0.1, 0.15) is 181 Å². The Labute approximate surface area is 280 Å². The van der Waals surface area contributed by atoms with Crippen molar-refractivity contribution in [2.45, 2.75) is 187 Å². The first kappa shape index (κ1) is 43.4. The second kappa shape index (κ2) is 38.5. The number of carbonyl (C=O) groups is 1. The molecule has 0 spiro atoms. The summed E-state index contributed by atoms with van der Waals surface area (Å²) in [6, 6.07) is 0. The largest absolute Gasteiger partial charge is 0.463 e. The van der Waals surface area contributed by atoms with Crippen molar-refractivity contribution < 1.29 is 19.4 Å². The van der Waals surface area contributed by atoms with Gasteiger partial charge in [-0.25, -0.2) is 0 Å². The second-order valence-electron chi connectivity index (χ2n) is 12.6. The smallest absolute Gasteiger partial charge is 0.305 e. The molecular weight excluding hydrogens is 558 g/mol. The number of hydrogen-bond acceptors (Lipinski definition) is 4. The molecule has 0 fully saturated rings. The van der Waals surface area contributed by atoms with Crippen LogP contribution in [0.3, 0.4) is 0 Å². The topological polar surface area (TPSA) is 55.8 Å². The van der Waals surface area contributed by atoms with Crippen molar-refractivity contribution in [2.24, 2.45) is 0 Å². The highest BCUT2D eigenvalue weighted by Crippen LogP contribution is 2.14. The van der Waals surface area contributed by atoms with E-state index in [1.807, 2.05) is 0 Å². The van der Waals surface area contributed by atoms with E-state index >= 15 is 0 Å². The quantitative estimate of drug-likeness (QED) is 0.0429. The van der Waals surface area contributed by atoms with Crippen molar-refractivity contribution in [1.82, 2.24) is 0 Å². The van der Waals surface area contributed by atoms with Crippen LogP contribution in [-0.2, 0) is 14.3 Å². The zero-order valence-corrected chi connectivity index (χ0v) is 29.9. The maximum Gasteiger partial charge on any atom is 0.305 e. The summed E-state index contributed by atoms with van der Waals surface area (Å²) in [5, 5.41) is 9.57. The molecule has 4 heteroatoms. The minimum absolute atomic E-state index is 0.122. The first-order chi connectivity index (χ1) is 22.2. The molecule has 0 aliphatic carbocycles. The summed E-state index contributed by atoms with van der Waals surface area (Å²) in [5.41, 5.74) is 0. The number of esters is 1. The van der Waals surface area contributed by atoms with Gasteiger partial charge in [-0.05, 0) is 57.8 Å². The molecule has 0 aromatic rings. The van der Waals surface area contributed by atoms with E-state index in [1.165, 1.54) is 109 Å². The van der Waals surface area contributed by atoms with Gasteiger partial charge in [-0.2, -0.15) is 0 Å². The van der Waals surface area contributed by atoms with Gasteiger partial charge in [0.25, 0.3) is 0 Å². The zero-order chi connectivity index (χ0) is 32.7. The fourth-order valence-corrected chi connectivity index (χ4v) is 5.23. The molecule has 0 aliphatic heterocycles. The lowest BCUT2D eigenvalue weighted by Gasteiger charge is -2.15. The first-order valence-electron chi connectivity index (χ1n) is 19.2. The van der Waals surface area contributed by atoms with Crippen molar-refractivity contribution >= 4 is 5.97 Å². The number of ether oxygens (including phenoxy) is 2. The van der Waals surface area contributed by atoms with E-state index in [4.69, 9.17) is 9.47 Å². The van der Waals surface area contributed by atoms with E-state index < -0.39 is 6.10 Å². The Balaban J connectivity index is 3.53. The highest BCUT2D eigenvalue weighted by molar-refractivity contribution is 5.69. The predicted octanol–water partition coefficient (Wildman–Crippen LogP) is 12.3. The van der Waals surface area contributed by atoms with Gasteiger partial charge in [-0.3, -0.25) is 4.79 Å². The number of rotatable bonds is 35. The van der Waals surface area contributed by atoms with Gasteiger partial charge in [0.05, 0.1) is 6.61 Å². The van der Waals surface area contributed by atoms with Gasteiger partial charge in [0, 0.05) is 13.0 Å². The Bertz CT molecular complexity index is 708. The Kier molecular flexibility index (Phi) is 37.1. The van der Waals surface area contributed by atoms with Crippen LogP contribution in [0.15, 0.2) is 48.6 Å². The van der Waals surface area contributed by atoms with Crippen LogP contribution in [0.4, 0.5) is 0 Å². The Hall–Kier alpha value is -1.65. The van der Waals surface area contributed by atoms with Crippen LogP contribution < -0.4 is 0 Å². The summed E-state index contributed by atoms with van der Waals surface area (Å²) in [4.78, 5) is 12.1. The van der Waals surface area contributed by atoms with E-state index in [0.29, 0.717) is 13.0 Å². The number of aliphatic hydroxyl groups excluding tert-OH is 1. The van der Waals surface area contributed by atoms with Crippen molar-refractivity contribution in [2.75, 3.05) is 19.8 Å². The van der Waals surface area contributed by atoms with Gasteiger partial charge >= 0.3 is 5.97 Å². The predicted molar refractivity (Wildman–Crippen MR) is 196 cm³/mol. The zero-order valence-electron chi connectivity index (χ0n) is 29.9.